The molecule has 0 saturated heterocycles. The monoisotopic (exact) mass is 531 g/mol. The lowest BCUT2D eigenvalue weighted by molar-refractivity contribution is 1.19. The summed E-state index contributed by atoms with van der Waals surface area (Å²) in [5.41, 5.74) is 16.0. The van der Waals surface area contributed by atoms with E-state index in [4.69, 9.17) is 0 Å². The molecule has 0 aromatic heterocycles. The molecule has 0 N–H and O–H groups in total. The van der Waals surface area contributed by atoms with Crippen LogP contribution in [0.3, 0.4) is 0 Å². The van der Waals surface area contributed by atoms with Gasteiger partial charge < -0.3 is 0 Å². The first-order valence-corrected chi connectivity index (χ1v) is 14.2. The van der Waals surface area contributed by atoms with Crippen LogP contribution < -0.4 is 0 Å². The van der Waals surface area contributed by atoms with E-state index < -0.39 is 0 Å². The summed E-state index contributed by atoms with van der Waals surface area (Å²) in [5.74, 6) is 0. The first-order chi connectivity index (χ1) is 20.0. The van der Waals surface area contributed by atoms with Crippen LogP contribution in [0.4, 0.5) is 0 Å². The third kappa shape index (κ3) is 6.21. The Hall–Kier alpha value is -4.75. The molecule has 5 aromatic carbocycles. The van der Waals surface area contributed by atoms with Gasteiger partial charge in [0.1, 0.15) is 0 Å². The number of aliphatic imine (C=N–C) groups is 1. The number of nitrogens with zero attached hydrogens (tertiary/aromatic N) is 1. The minimum Gasteiger partial charge on any atom is -0.296 e. The first kappa shape index (κ1) is 27.8. The maximum atomic E-state index is 4.33. The van der Waals surface area contributed by atoms with Crippen LogP contribution in [-0.2, 0) is 6.42 Å². The van der Waals surface area contributed by atoms with Gasteiger partial charge in [0, 0.05) is 18.8 Å². The molecule has 0 spiro atoms. The summed E-state index contributed by atoms with van der Waals surface area (Å²) in [7, 11) is 1.82. The van der Waals surface area contributed by atoms with Crippen molar-refractivity contribution < 1.29 is 0 Å². The molecule has 202 valence electrons. The molecule has 41 heavy (non-hydrogen) atoms. The van der Waals surface area contributed by atoms with Crippen molar-refractivity contribution in [3.63, 3.8) is 0 Å². The molecule has 0 fully saturated rings. The van der Waals surface area contributed by atoms with E-state index in [1.165, 1.54) is 61.2 Å². The number of hydrogen-bond acceptors (Lipinski definition) is 1. The second-order valence-corrected chi connectivity index (χ2v) is 10.6. The summed E-state index contributed by atoms with van der Waals surface area (Å²) in [6.45, 7) is 10.4. The molecule has 0 unspecified atom stereocenters. The van der Waals surface area contributed by atoms with Crippen molar-refractivity contribution in [3.8, 4) is 33.4 Å². The standard InChI is InChI=1S/C40H37N/c1-6-28(2)40(27-41-5)39-26-35(22-20-30(39)4)34-21-19-29(3)38(25-34)37-18-11-10-16-36(37)24-31-13-12-17-33(23-31)32-14-8-7-9-15-32/h6-23,25-27H,1,24H2,2-5H3/b40-28+,41-27?. The molecule has 5 aromatic rings. The Bertz CT molecular complexity index is 1750. The Balaban J connectivity index is 1.54. The van der Waals surface area contributed by atoms with Gasteiger partial charge in [-0.05, 0) is 106 Å². The fourth-order valence-corrected chi connectivity index (χ4v) is 5.45. The van der Waals surface area contributed by atoms with Gasteiger partial charge in [0.2, 0.25) is 0 Å². The van der Waals surface area contributed by atoms with Crippen LogP contribution in [0.1, 0.15) is 34.7 Å². The smallest absolute Gasteiger partial charge is 0.0290 e. The van der Waals surface area contributed by atoms with Crippen molar-refractivity contribution in [3.05, 3.63) is 161 Å². The van der Waals surface area contributed by atoms with E-state index in [9.17, 15) is 0 Å². The molecule has 0 saturated carbocycles. The summed E-state index contributed by atoms with van der Waals surface area (Å²) in [6.07, 6.45) is 4.72. The van der Waals surface area contributed by atoms with Crippen LogP contribution in [0.2, 0.25) is 0 Å². The van der Waals surface area contributed by atoms with Gasteiger partial charge in [-0.1, -0.05) is 116 Å². The summed E-state index contributed by atoms with van der Waals surface area (Å²) in [5, 5.41) is 0. The van der Waals surface area contributed by atoms with Crippen LogP contribution in [0, 0.1) is 13.8 Å². The Labute approximate surface area is 245 Å². The molecular weight excluding hydrogens is 494 g/mol. The zero-order chi connectivity index (χ0) is 28.8. The van der Waals surface area contributed by atoms with E-state index in [-0.39, 0.29) is 0 Å². The van der Waals surface area contributed by atoms with Crippen molar-refractivity contribution in [1.82, 2.24) is 0 Å². The number of aryl methyl sites for hydroxylation is 2. The average Bonchev–Trinajstić information content (AvgIpc) is 3.01. The second-order valence-electron chi connectivity index (χ2n) is 10.6. The predicted molar refractivity (Wildman–Crippen MR) is 179 cm³/mol. The van der Waals surface area contributed by atoms with Gasteiger partial charge in [0.25, 0.3) is 0 Å². The lowest BCUT2D eigenvalue weighted by atomic mass is 9.88. The van der Waals surface area contributed by atoms with Crippen molar-refractivity contribution >= 4 is 11.8 Å². The number of hydrogen-bond donors (Lipinski definition) is 0. The molecule has 0 radical (unpaired) electrons. The predicted octanol–water partition coefficient (Wildman–Crippen LogP) is 10.6. The minimum absolute atomic E-state index is 0.876. The number of benzene rings is 5. The molecule has 1 heteroatoms. The SMILES string of the molecule is C=C/C(C)=C(\C=NC)c1cc(-c2ccc(C)c(-c3ccccc3Cc3cccc(-c4ccccc4)c3)c2)ccc1C. The Morgan fingerprint density at radius 3 is 2.07 bits per heavy atom. The average molecular weight is 532 g/mol. The van der Waals surface area contributed by atoms with Crippen LogP contribution in [-0.4, -0.2) is 13.3 Å². The Kier molecular flexibility index (Phi) is 8.56. The largest absolute Gasteiger partial charge is 0.296 e. The first-order valence-electron chi connectivity index (χ1n) is 14.2. The van der Waals surface area contributed by atoms with Crippen LogP contribution in [0.25, 0.3) is 39.0 Å². The molecule has 5 rings (SSSR count). The fraction of sp³-hybridized carbons (Fsp3) is 0.125. The van der Waals surface area contributed by atoms with Gasteiger partial charge in [-0.3, -0.25) is 4.99 Å². The maximum absolute atomic E-state index is 4.33. The topological polar surface area (TPSA) is 12.4 Å². The van der Waals surface area contributed by atoms with E-state index in [2.05, 4.69) is 148 Å². The molecule has 0 heterocycles. The minimum atomic E-state index is 0.876. The highest BCUT2D eigenvalue weighted by Gasteiger charge is 2.13. The van der Waals surface area contributed by atoms with Crippen molar-refractivity contribution in [2.75, 3.05) is 7.05 Å². The molecular formula is C40H37N. The van der Waals surface area contributed by atoms with E-state index >= 15 is 0 Å². The quantitative estimate of drug-likeness (QED) is 0.139. The van der Waals surface area contributed by atoms with Gasteiger partial charge in [0.05, 0.1) is 0 Å². The van der Waals surface area contributed by atoms with Crippen LogP contribution in [0.5, 0.6) is 0 Å². The van der Waals surface area contributed by atoms with Gasteiger partial charge in [-0.25, -0.2) is 0 Å². The third-order valence-corrected chi connectivity index (χ3v) is 7.82. The maximum Gasteiger partial charge on any atom is 0.0290 e. The van der Waals surface area contributed by atoms with Crippen molar-refractivity contribution in [1.29, 1.82) is 0 Å². The summed E-state index contributed by atoms with van der Waals surface area (Å²) in [4.78, 5) is 4.33. The second kappa shape index (κ2) is 12.6. The summed E-state index contributed by atoms with van der Waals surface area (Å²) >= 11 is 0. The lowest BCUT2D eigenvalue weighted by Crippen LogP contribution is -1.96. The van der Waals surface area contributed by atoms with Crippen LogP contribution >= 0.6 is 0 Å². The highest BCUT2D eigenvalue weighted by atomic mass is 14.6. The Morgan fingerprint density at radius 1 is 0.659 bits per heavy atom. The zero-order valence-electron chi connectivity index (χ0n) is 24.5. The molecule has 0 amide bonds. The Morgan fingerprint density at radius 2 is 1.32 bits per heavy atom. The van der Waals surface area contributed by atoms with Gasteiger partial charge >= 0.3 is 0 Å². The van der Waals surface area contributed by atoms with E-state index in [0.717, 1.165) is 17.6 Å². The molecule has 1 nitrogen and oxygen atoms in total. The normalized spacial score (nSPS) is 11.9. The molecule has 0 bridgehead atoms. The number of rotatable bonds is 8. The van der Waals surface area contributed by atoms with Crippen LogP contribution in [0.15, 0.2) is 138 Å². The highest BCUT2D eigenvalue weighted by molar-refractivity contribution is 6.12. The summed E-state index contributed by atoms with van der Waals surface area (Å²) in [6, 6.07) is 41.9. The fourth-order valence-electron chi connectivity index (χ4n) is 5.45. The third-order valence-electron chi connectivity index (χ3n) is 7.82. The van der Waals surface area contributed by atoms with Gasteiger partial charge in [0.15, 0.2) is 0 Å². The van der Waals surface area contributed by atoms with Gasteiger partial charge in [-0.2, -0.15) is 0 Å². The molecule has 0 atom stereocenters. The lowest BCUT2D eigenvalue weighted by Gasteiger charge is -2.16. The van der Waals surface area contributed by atoms with E-state index in [1.54, 1.807) is 0 Å². The zero-order valence-corrected chi connectivity index (χ0v) is 24.5. The summed E-state index contributed by atoms with van der Waals surface area (Å²) < 4.78 is 0. The molecule has 0 aliphatic rings. The number of allylic oxidation sites excluding steroid dienone is 3. The molecule has 0 aliphatic carbocycles. The molecule has 0 aliphatic heterocycles. The van der Waals surface area contributed by atoms with Crippen molar-refractivity contribution in [2.24, 2.45) is 4.99 Å². The van der Waals surface area contributed by atoms with Crippen molar-refractivity contribution in [2.45, 2.75) is 27.2 Å². The van der Waals surface area contributed by atoms with E-state index in [0.29, 0.717) is 0 Å². The highest BCUT2D eigenvalue weighted by Crippen LogP contribution is 2.34. The van der Waals surface area contributed by atoms with E-state index in [1.807, 2.05) is 19.3 Å². The van der Waals surface area contributed by atoms with Gasteiger partial charge in [-0.15, -0.1) is 0 Å².